The average molecular weight is 656 g/mol. The number of carbonyl (C=O) groups excluding carboxylic acids is 1. The highest BCUT2D eigenvalue weighted by Gasteiger charge is 2.70. The summed E-state index contributed by atoms with van der Waals surface area (Å²) >= 11 is 0. The van der Waals surface area contributed by atoms with Gasteiger partial charge < -0.3 is 10.4 Å². The molecule has 8 nitrogen and oxygen atoms in total. The number of hydrazone groups is 1. The fourth-order valence-electron chi connectivity index (χ4n) is 13.2. The SMILES string of the molecule is C=C(C)[C@@H]1CC[C@]2(NC(=O)CC3=NNN(C)N3)CC[C@]3(C)[C@H](CC[C@@H]4[C@@]5(C)CC=C(c6ccc(C(=O)O)cc6)C(C)(C)[C@@H]5CC[C@]43C)[C@@H]12. The van der Waals surface area contributed by atoms with Crippen molar-refractivity contribution in [3.63, 3.8) is 0 Å². The maximum atomic E-state index is 13.6. The predicted molar refractivity (Wildman–Crippen MR) is 190 cm³/mol. The molecule has 0 radical (unpaired) electrons. The van der Waals surface area contributed by atoms with Gasteiger partial charge in [0.2, 0.25) is 5.91 Å². The van der Waals surface area contributed by atoms with Crippen LogP contribution in [0.2, 0.25) is 0 Å². The van der Waals surface area contributed by atoms with Crippen molar-refractivity contribution in [1.82, 2.24) is 21.4 Å². The van der Waals surface area contributed by atoms with E-state index in [1.807, 2.05) is 19.2 Å². The van der Waals surface area contributed by atoms with Crippen molar-refractivity contribution in [2.45, 2.75) is 111 Å². The number of rotatable bonds is 6. The minimum Gasteiger partial charge on any atom is -0.478 e. The Morgan fingerprint density at radius 2 is 1.71 bits per heavy atom. The van der Waals surface area contributed by atoms with Crippen LogP contribution >= 0.6 is 0 Å². The first-order valence-electron chi connectivity index (χ1n) is 18.4. The normalized spacial score (nSPS) is 41.3. The van der Waals surface area contributed by atoms with Crippen LogP contribution in [0.5, 0.6) is 0 Å². The van der Waals surface area contributed by atoms with Gasteiger partial charge in [0.25, 0.3) is 0 Å². The molecular weight excluding hydrogens is 598 g/mol. The van der Waals surface area contributed by atoms with Crippen molar-refractivity contribution < 1.29 is 14.7 Å². The lowest BCUT2D eigenvalue weighted by atomic mass is 9.33. The molecule has 1 amide bonds. The number of fused-ring (bicyclic) bond motifs is 7. The molecule has 48 heavy (non-hydrogen) atoms. The molecule has 0 unspecified atom stereocenters. The van der Waals surface area contributed by atoms with Crippen molar-refractivity contribution in [2.24, 2.45) is 56.4 Å². The smallest absolute Gasteiger partial charge is 0.335 e. The zero-order valence-electron chi connectivity index (χ0n) is 30.2. The number of amides is 1. The van der Waals surface area contributed by atoms with E-state index in [-0.39, 0.29) is 39.5 Å². The van der Waals surface area contributed by atoms with Crippen LogP contribution in [0.1, 0.15) is 122 Å². The van der Waals surface area contributed by atoms with Crippen LogP contribution in [0.25, 0.3) is 5.57 Å². The number of carboxylic acid groups (broad SMARTS) is 1. The Kier molecular flexibility index (Phi) is 7.78. The Morgan fingerprint density at radius 3 is 2.35 bits per heavy atom. The zero-order valence-corrected chi connectivity index (χ0v) is 30.2. The van der Waals surface area contributed by atoms with Crippen molar-refractivity contribution >= 4 is 23.3 Å². The molecule has 0 spiro atoms. The van der Waals surface area contributed by atoms with Gasteiger partial charge in [0.1, 0.15) is 5.84 Å². The van der Waals surface area contributed by atoms with Gasteiger partial charge >= 0.3 is 5.97 Å². The summed E-state index contributed by atoms with van der Waals surface area (Å²) in [6.45, 7) is 19.5. The van der Waals surface area contributed by atoms with E-state index in [1.54, 1.807) is 17.3 Å². The van der Waals surface area contributed by atoms with Gasteiger partial charge in [0.05, 0.1) is 12.0 Å². The molecule has 1 aliphatic heterocycles. The minimum atomic E-state index is -0.877. The van der Waals surface area contributed by atoms with Crippen LogP contribution in [-0.2, 0) is 4.79 Å². The number of hydrogen-bond acceptors (Lipinski definition) is 6. The average Bonchev–Trinajstić information content (AvgIpc) is 3.60. The summed E-state index contributed by atoms with van der Waals surface area (Å²) in [6, 6.07) is 7.53. The fourth-order valence-corrected chi connectivity index (χ4v) is 13.2. The van der Waals surface area contributed by atoms with Crippen molar-refractivity contribution in [3.05, 3.63) is 53.6 Å². The maximum absolute atomic E-state index is 13.6. The fraction of sp³-hybridized carbons (Fsp3) is 0.675. The minimum absolute atomic E-state index is 0.0118. The second-order valence-corrected chi connectivity index (χ2v) is 17.8. The highest BCUT2D eigenvalue weighted by molar-refractivity contribution is 6.00. The van der Waals surface area contributed by atoms with E-state index in [0.29, 0.717) is 41.0 Å². The lowest BCUT2D eigenvalue weighted by Gasteiger charge is -2.72. The summed E-state index contributed by atoms with van der Waals surface area (Å²) in [5.74, 6) is 2.40. The van der Waals surface area contributed by atoms with Crippen LogP contribution in [0.3, 0.4) is 0 Å². The van der Waals surface area contributed by atoms with Crippen molar-refractivity contribution in [1.29, 1.82) is 0 Å². The van der Waals surface area contributed by atoms with E-state index in [2.05, 4.69) is 75.6 Å². The van der Waals surface area contributed by atoms with E-state index in [9.17, 15) is 14.7 Å². The number of amidine groups is 1. The molecule has 260 valence electrons. The van der Waals surface area contributed by atoms with E-state index < -0.39 is 5.97 Å². The molecule has 0 saturated heterocycles. The topological polar surface area (TPSA) is 106 Å². The molecule has 5 aliphatic carbocycles. The van der Waals surface area contributed by atoms with Gasteiger partial charge in [-0.2, -0.15) is 0 Å². The first-order chi connectivity index (χ1) is 22.6. The van der Waals surface area contributed by atoms with Gasteiger partial charge in [-0.1, -0.05) is 65.0 Å². The van der Waals surface area contributed by atoms with E-state index in [1.165, 1.54) is 36.8 Å². The molecule has 0 bridgehead atoms. The van der Waals surface area contributed by atoms with E-state index >= 15 is 0 Å². The Hall–Kier alpha value is -3.13. The molecule has 8 heteroatoms. The standard InChI is InChI=1S/C40H57N5O3/c1-24(2)27-15-20-40(41-33(46)23-32-42-44-45(8)43-32)22-21-38(6)29(34(27)40)13-14-31-37(5)18-16-28(25-9-11-26(12-10-25)35(47)48)36(3,4)30(37)17-19-39(31,38)7/h9-12,16,27,29-31,34,44H,1,13-15,17-23H2,2-8H3,(H,41,46)(H,42,43)(H,47,48)/t27-,29+,30-,31+,34+,37-,38+,39+,40-/m0/s1. The van der Waals surface area contributed by atoms with Gasteiger partial charge in [-0.05, 0) is 139 Å². The Balaban J connectivity index is 1.19. The molecule has 4 N–H and O–H groups in total. The largest absolute Gasteiger partial charge is 0.478 e. The van der Waals surface area contributed by atoms with Gasteiger partial charge in [0.15, 0.2) is 0 Å². The van der Waals surface area contributed by atoms with E-state index in [4.69, 9.17) is 0 Å². The van der Waals surface area contributed by atoms with Crippen LogP contribution < -0.4 is 16.3 Å². The maximum Gasteiger partial charge on any atom is 0.335 e. The Labute approximate surface area is 287 Å². The number of carbonyl (C=O) groups is 2. The molecule has 6 aliphatic rings. The number of hydrogen-bond donors (Lipinski definition) is 4. The number of benzene rings is 1. The van der Waals surface area contributed by atoms with Crippen LogP contribution in [-0.4, -0.2) is 40.5 Å². The highest BCUT2D eigenvalue weighted by Crippen LogP contribution is 2.76. The van der Waals surface area contributed by atoms with Crippen LogP contribution in [0.15, 0.2) is 47.6 Å². The molecule has 4 fully saturated rings. The van der Waals surface area contributed by atoms with Gasteiger partial charge in [-0.15, -0.1) is 10.2 Å². The number of carboxylic acids is 1. The van der Waals surface area contributed by atoms with Crippen molar-refractivity contribution in [3.8, 4) is 0 Å². The first kappa shape index (κ1) is 33.4. The van der Waals surface area contributed by atoms with E-state index in [0.717, 1.165) is 37.7 Å². The second-order valence-electron chi connectivity index (χ2n) is 17.8. The monoisotopic (exact) mass is 655 g/mol. The third kappa shape index (κ3) is 4.74. The number of nitrogens with one attached hydrogen (secondary N) is 3. The molecule has 1 aromatic carbocycles. The zero-order chi connectivity index (χ0) is 34.4. The Bertz CT molecular complexity index is 1580. The Morgan fingerprint density at radius 1 is 0.979 bits per heavy atom. The lowest BCUT2D eigenvalue weighted by Crippen LogP contribution is -2.68. The van der Waals surface area contributed by atoms with Crippen LogP contribution in [0.4, 0.5) is 0 Å². The summed E-state index contributed by atoms with van der Waals surface area (Å²) in [5.41, 5.74) is 10.5. The number of nitrogens with zero attached hydrogens (tertiary/aromatic N) is 2. The molecule has 1 heterocycles. The highest BCUT2D eigenvalue weighted by atomic mass is 16.4. The quantitative estimate of drug-likeness (QED) is 0.236. The lowest BCUT2D eigenvalue weighted by molar-refractivity contribution is -0.219. The predicted octanol–water partition coefficient (Wildman–Crippen LogP) is 7.56. The molecule has 9 atom stereocenters. The molecule has 1 aromatic rings. The van der Waals surface area contributed by atoms with Gasteiger partial charge in [0, 0.05) is 12.6 Å². The van der Waals surface area contributed by atoms with Gasteiger partial charge in [-0.25, -0.2) is 10.3 Å². The van der Waals surface area contributed by atoms with Gasteiger partial charge in [-0.3, -0.25) is 10.2 Å². The first-order valence-corrected chi connectivity index (χ1v) is 18.4. The summed E-state index contributed by atoms with van der Waals surface area (Å²) in [5, 5.41) is 19.1. The summed E-state index contributed by atoms with van der Waals surface area (Å²) in [4.78, 5) is 25.2. The number of allylic oxidation sites excluding steroid dienone is 3. The molecule has 4 saturated carbocycles. The third-order valence-corrected chi connectivity index (χ3v) is 15.4. The molecule has 0 aromatic heterocycles. The van der Waals surface area contributed by atoms with Crippen molar-refractivity contribution in [2.75, 3.05) is 7.05 Å². The summed E-state index contributed by atoms with van der Waals surface area (Å²) in [7, 11) is 1.84. The summed E-state index contributed by atoms with van der Waals surface area (Å²) in [6.07, 6.45) is 13.0. The second kappa shape index (κ2) is 11.2. The molecular formula is C40H57N5O3. The summed E-state index contributed by atoms with van der Waals surface area (Å²) < 4.78 is 0. The van der Waals surface area contributed by atoms with Crippen LogP contribution in [0, 0.1) is 51.2 Å². The number of aromatic carboxylic acids is 1. The number of hydrazine groups is 2. The third-order valence-electron chi connectivity index (χ3n) is 15.4. The molecule has 7 rings (SSSR count).